The molecule has 0 radical (unpaired) electrons. The third kappa shape index (κ3) is 5.56. The van der Waals surface area contributed by atoms with Gasteiger partial charge in [0, 0.05) is 62.6 Å². The van der Waals surface area contributed by atoms with Crippen molar-refractivity contribution in [3.63, 3.8) is 0 Å². The number of fused-ring (bicyclic) bond motifs is 1. The first-order valence-corrected chi connectivity index (χ1v) is 11.7. The van der Waals surface area contributed by atoms with Crippen LogP contribution in [0.2, 0.25) is 0 Å². The van der Waals surface area contributed by atoms with Crippen molar-refractivity contribution >= 4 is 17.8 Å². The summed E-state index contributed by atoms with van der Waals surface area (Å²) in [5.74, 6) is -0.231. The second kappa shape index (κ2) is 10.3. The minimum Gasteiger partial charge on any atom is -0.350 e. The summed E-state index contributed by atoms with van der Waals surface area (Å²) >= 11 is 0. The van der Waals surface area contributed by atoms with Crippen molar-refractivity contribution in [2.75, 3.05) is 19.6 Å². The maximum atomic E-state index is 13.6. The lowest BCUT2D eigenvalue weighted by Gasteiger charge is -2.42. The van der Waals surface area contributed by atoms with Crippen molar-refractivity contribution < 1.29 is 14.4 Å². The number of urea groups is 1. The summed E-state index contributed by atoms with van der Waals surface area (Å²) in [6, 6.07) is 8.22. The Morgan fingerprint density at radius 1 is 1.18 bits per heavy atom. The first kappa shape index (κ1) is 23.7. The predicted octanol–water partition coefficient (Wildman–Crippen LogP) is 0.711. The third-order valence-electron chi connectivity index (χ3n) is 6.26. The Bertz CT molecular complexity index is 1020. The van der Waals surface area contributed by atoms with Crippen LogP contribution in [0.25, 0.3) is 0 Å². The fraction of sp³-hybridized carbons (Fsp3) is 0.500. The average molecular weight is 468 g/mol. The lowest BCUT2D eigenvalue weighted by molar-refractivity contribution is -0.143. The highest BCUT2D eigenvalue weighted by molar-refractivity contribution is 5.94. The van der Waals surface area contributed by atoms with Crippen molar-refractivity contribution in [2.45, 2.75) is 51.0 Å². The molecule has 0 saturated carbocycles. The van der Waals surface area contributed by atoms with Crippen molar-refractivity contribution in [3.05, 3.63) is 53.9 Å². The number of nitrogens with one attached hydrogen (secondary N) is 3. The van der Waals surface area contributed by atoms with E-state index in [1.807, 2.05) is 50.2 Å². The van der Waals surface area contributed by atoms with Gasteiger partial charge in [0.05, 0.1) is 12.2 Å². The molecule has 3 N–H and O–H groups in total. The molecular formula is C24H33N7O3. The molecule has 1 aromatic heterocycles. The van der Waals surface area contributed by atoms with Crippen LogP contribution in [0.1, 0.15) is 36.2 Å². The molecule has 2 fully saturated rings. The van der Waals surface area contributed by atoms with Crippen LogP contribution in [0.4, 0.5) is 4.79 Å². The molecule has 10 nitrogen and oxygen atoms in total. The molecule has 4 amide bonds. The van der Waals surface area contributed by atoms with E-state index in [0.717, 1.165) is 5.56 Å². The molecule has 0 bridgehead atoms. The van der Waals surface area contributed by atoms with E-state index in [4.69, 9.17) is 0 Å². The van der Waals surface area contributed by atoms with Crippen molar-refractivity contribution in [1.82, 2.24) is 35.5 Å². The van der Waals surface area contributed by atoms with Crippen LogP contribution in [-0.2, 0) is 18.4 Å². The SMILES string of the molecule is CC(C)NC(=O)N[C@H]1C[C@H]2CN(Cc3cnn(C)c3)[C@@H](CNC(=O)c3ccccc3)C(=O)N2C1. The quantitative estimate of drug-likeness (QED) is 0.555. The maximum absolute atomic E-state index is 13.6. The van der Waals surface area contributed by atoms with Gasteiger partial charge in [-0.15, -0.1) is 0 Å². The number of nitrogens with zero attached hydrogens (tertiary/aromatic N) is 4. The second-order valence-electron chi connectivity index (χ2n) is 9.39. The van der Waals surface area contributed by atoms with E-state index >= 15 is 0 Å². The molecule has 3 atom stereocenters. The van der Waals surface area contributed by atoms with E-state index in [1.54, 1.807) is 23.0 Å². The minimum atomic E-state index is -0.493. The van der Waals surface area contributed by atoms with Crippen molar-refractivity contribution in [2.24, 2.45) is 7.05 Å². The minimum absolute atomic E-state index is 0.00889. The van der Waals surface area contributed by atoms with Gasteiger partial charge in [0.15, 0.2) is 0 Å². The normalized spacial score (nSPS) is 22.5. The van der Waals surface area contributed by atoms with E-state index in [2.05, 4.69) is 25.9 Å². The summed E-state index contributed by atoms with van der Waals surface area (Å²) in [5, 5.41) is 13.0. The van der Waals surface area contributed by atoms with Gasteiger partial charge < -0.3 is 20.9 Å². The molecule has 2 saturated heterocycles. The molecule has 0 unspecified atom stereocenters. The van der Waals surface area contributed by atoms with Crippen LogP contribution in [0.5, 0.6) is 0 Å². The highest BCUT2D eigenvalue weighted by Gasteiger charge is 2.45. The fourth-order valence-corrected chi connectivity index (χ4v) is 4.76. The van der Waals surface area contributed by atoms with Gasteiger partial charge in [0.25, 0.3) is 5.91 Å². The molecule has 10 heteroatoms. The Balaban J connectivity index is 1.46. The molecule has 4 rings (SSSR count). The van der Waals surface area contributed by atoms with Gasteiger partial charge in [-0.1, -0.05) is 18.2 Å². The highest BCUT2D eigenvalue weighted by Crippen LogP contribution is 2.27. The summed E-state index contributed by atoms with van der Waals surface area (Å²) in [5.41, 5.74) is 1.57. The first-order chi connectivity index (χ1) is 16.3. The van der Waals surface area contributed by atoms with Gasteiger partial charge in [0.1, 0.15) is 6.04 Å². The third-order valence-corrected chi connectivity index (χ3v) is 6.26. The van der Waals surface area contributed by atoms with Crippen molar-refractivity contribution in [1.29, 1.82) is 0 Å². The highest BCUT2D eigenvalue weighted by atomic mass is 16.2. The first-order valence-electron chi connectivity index (χ1n) is 11.7. The monoisotopic (exact) mass is 467 g/mol. The molecule has 2 aliphatic rings. The van der Waals surface area contributed by atoms with Crippen molar-refractivity contribution in [3.8, 4) is 0 Å². The van der Waals surface area contributed by atoms with E-state index < -0.39 is 6.04 Å². The molecule has 2 aliphatic heterocycles. The number of benzene rings is 1. The molecule has 3 heterocycles. The standard InChI is InChI=1S/C24H33N7O3/c1-16(2)27-24(34)28-19-9-20-15-30(13-17-10-26-29(3)12-17)21(23(33)31(20)14-19)11-25-22(32)18-7-5-4-6-8-18/h4-8,10,12,16,19-21H,9,11,13-15H2,1-3H3,(H,25,32)(H2,27,28,34)/t19-,20-,21-/m0/s1. The summed E-state index contributed by atoms with van der Waals surface area (Å²) in [6.45, 7) is 5.72. The van der Waals surface area contributed by atoms with E-state index in [9.17, 15) is 14.4 Å². The number of hydrogen-bond donors (Lipinski definition) is 3. The van der Waals surface area contributed by atoms with Crippen LogP contribution in [0.15, 0.2) is 42.7 Å². The molecule has 1 aromatic carbocycles. The summed E-state index contributed by atoms with van der Waals surface area (Å²) in [7, 11) is 1.86. The van der Waals surface area contributed by atoms with Crippen LogP contribution in [0.3, 0.4) is 0 Å². The number of hydrogen-bond acceptors (Lipinski definition) is 5. The van der Waals surface area contributed by atoms with Crippen LogP contribution in [-0.4, -0.2) is 81.2 Å². The van der Waals surface area contributed by atoms with Gasteiger partial charge in [-0.2, -0.15) is 5.10 Å². The smallest absolute Gasteiger partial charge is 0.315 e. The maximum Gasteiger partial charge on any atom is 0.315 e. The molecular weight excluding hydrogens is 434 g/mol. The van der Waals surface area contributed by atoms with Crippen LogP contribution in [0, 0.1) is 0 Å². The zero-order valence-corrected chi connectivity index (χ0v) is 19.9. The molecule has 0 spiro atoms. The molecule has 182 valence electrons. The van der Waals surface area contributed by atoms with E-state index in [-0.39, 0.29) is 42.5 Å². The van der Waals surface area contributed by atoms with Crippen LogP contribution >= 0.6 is 0 Å². The Morgan fingerprint density at radius 3 is 2.62 bits per heavy atom. The van der Waals surface area contributed by atoms with Gasteiger partial charge in [-0.3, -0.25) is 19.2 Å². The number of carbonyl (C=O) groups is 3. The second-order valence-corrected chi connectivity index (χ2v) is 9.39. The number of aryl methyl sites for hydroxylation is 1. The van der Waals surface area contributed by atoms with Gasteiger partial charge >= 0.3 is 6.03 Å². The van der Waals surface area contributed by atoms with Gasteiger partial charge in [-0.05, 0) is 32.4 Å². The molecule has 0 aliphatic carbocycles. The predicted molar refractivity (Wildman–Crippen MR) is 127 cm³/mol. The van der Waals surface area contributed by atoms with Gasteiger partial charge in [-0.25, -0.2) is 4.79 Å². The molecule has 2 aromatic rings. The topological polar surface area (TPSA) is 112 Å². The largest absolute Gasteiger partial charge is 0.350 e. The number of amides is 4. The average Bonchev–Trinajstić information content (AvgIpc) is 3.38. The number of piperazine rings is 1. The summed E-state index contributed by atoms with van der Waals surface area (Å²) in [4.78, 5) is 42.3. The Labute approximate surface area is 199 Å². The van der Waals surface area contributed by atoms with Gasteiger partial charge in [0.2, 0.25) is 5.91 Å². The Kier molecular flexibility index (Phi) is 7.16. The zero-order chi connectivity index (χ0) is 24.2. The van der Waals surface area contributed by atoms with E-state index in [1.165, 1.54) is 0 Å². The molecule has 34 heavy (non-hydrogen) atoms. The number of aromatic nitrogens is 2. The Hall–Kier alpha value is -3.40. The van der Waals surface area contributed by atoms with Crippen LogP contribution < -0.4 is 16.0 Å². The lowest BCUT2D eigenvalue weighted by Crippen LogP contribution is -2.62. The van der Waals surface area contributed by atoms with E-state index in [0.29, 0.717) is 31.6 Å². The number of rotatable bonds is 7. The zero-order valence-electron chi connectivity index (χ0n) is 19.9. The summed E-state index contributed by atoms with van der Waals surface area (Å²) < 4.78 is 1.74. The number of carbonyl (C=O) groups excluding carboxylic acids is 3. The fourth-order valence-electron chi connectivity index (χ4n) is 4.76. The lowest BCUT2D eigenvalue weighted by atomic mass is 10.0. The Morgan fingerprint density at radius 2 is 1.94 bits per heavy atom. The summed E-state index contributed by atoms with van der Waals surface area (Å²) in [6.07, 6.45) is 4.43.